The van der Waals surface area contributed by atoms with Gasteiger partial charge in [0.1, 0.15) is 0 Å². The molecule has 0 aromatic rings. The van der Waals surface area contributed by atoms with E-state index in [-0.39, 0.29) is 0 Å². The van der Waals surface area contributed by atoms with Crippen molar-refractivity contribution in [1.29, 1.82) is 0 Å². The van der Waals surface area contributed by atoms with Crippen molar-refractivity contribution < 1.29 is 29.7 Å². The summed E-state index contributed by atoms with van der Waals surface area (Å²) in [5.74, 6) is 0. The summed E-state index contributed by atoms with van der Waals surface area (Å²) in [7, 11) is -8.05. The van der Waals surface area contributed by atoms with Gasteiger partial charge in [0.25, 0.3) is 0 Å². The van der Waals surface area contributed by atoms with E-state index in [0.29, 0.717) is 0 Å². The predicted molar refractivity (Wildman–Crippen MR) is 190 cm³/mol. The molecule has 0 aliphatic rings. The topological polar surface area (TPSA) is 0 Å². The zero-order chi connectivity index (χ0) is 34.2. The Labute approximate surface area is 277 Å². The van der Waals surface area contributed by atoms with Crippen molar-refractivity contribution in [1.82, 2.24) is 0 Å². The monoisotopic (exact) mass is 682 g/mol. The summed E-state index contributed by atoms with van der Waals surface area (Å²) in [5, 5.41) is 0. The molecule has 0 unspecified atom stereocenters. The molecule has 0 fully saturated rings. The van der Waals surface area contributed by atoms with E-state index >= 15 is 0 Å². The average molecular weight is 682 g/mol. The first-order valence-corrected chi connectivity index (χ1v) is 21.6. The van der Waals surface area contributed by atoms with Crippen molar-refractivity contribution >= 4 is 7.81 Å². The molecule has 1 nitrogen and oxygen atoms in total. The Hall–Kier alpha value is -0.0300. The van der Waals surface area contributed by atoms with Crippen LogP contribution >= 0.6 is 7.81 Å². The van der Waals surface area contributed by atoms with Gasteiger partial charge in [-0.25, -0.2) is 0 Å². The van der Waals surface area contributed by atoms with Crippen molar-refractivity contribution in [3.05, 3.63) is 0 Å². The summed E-state index contributed by atoms with van der Waals surface area (Å²) in [6.07, 6.45) is 43.8. The number of rotatable bonds is 33. The van der Waals surface area contributed by atoms with Gasteiger partial charge >= 0.3 is 33.0 Å². The second kappa shape index (κ2) is 27.9. The normalized spacial score (nSPS) is 13.7. The molecule has 0 atom stereocenters. The number of nitrogens with zero attached hydrogens (tertiary/aromatic N) is 1. The maximum atomic E-state index is 9.87. The summed E-state index contributed by atoms with van der Waals surface area (Å²) in [5.41, 5.74) is 0. The van der Waals surface area contributed by atoms with Crippen molar-refractivity contribution in [2.45, 2.75) is 213 Å². The van der Waals surface area contributed by atoms with Gasteiger partial charge in [0.05, 0.1) is 26.7 Å². The van der Waals surface area contributed by atoms with Crippen LogP contribution in [-0.4, -0.2) is 31.2 Å². The maximum absolute atomic E-state index is 10.7. The second-order valence-electron chi connectivity index (χ2n) is 14.3. The fourth-order valence-electron chi connectivity index (χ4n) is 6.28. The Bertz CT molecular complexity index is 540. The first-order chi connectivity index (χ1) is 21.1. The molecule has 0 amide bonds. The van der Waals surface area contributed by atoms with Crippen LogP contribution in [0.1, 0.15) is 213 Å². The number of quaternary nitrogens is 1. The second-order valence-corrected chi connectivity index (χ2v) is 16.2. The van der Waals surface area contributed by atoms with Gasteiger partial charge in [0, 0.05) is 0 Å². The van der Waals surface area contributed by atoms with Crippen LogP contribution in [0.15, 0.2) is 0 Å². The van der Waals surface area contributed by atoms with Gasteiger partial charge in [-0.05, 0) is 38.5 Å². The molecule has 0 saturated heterocycles. The van der Waals surface area contributed by atoms with Crippen LogP contribution in [0.5, 0.6) is 0 Å². The van der Waals surface area contributed by atoms with E-state index in [9.17, 15) is 25.2 Å². The minimum absolute atomic E-state index is 1.37. The first kappa shape index (κ1) is 47.1. The van der Waals surface area contributed by atoms with E-state index in [1.807, 2.05) is 0 Å². The van der Waals surface area contributed by atoms with Crippen LogP contribution in [0.4, 0.5) is 25.2 Å². The average Bonchev–Trinajstić information content (AvgIpc) is 2.94. The van der Waals surface area contributed by atoms with Crippen molar-refractivity contribution in [3.63, 3.8) is 0 Å². The summed E-state index contributed by atoms with van der Waals surface area (Å²) in [6, 6.07) is 0. The van der Waals surface area contributed by atoms with E-state index in [0.717, 1.165) is 0 Å². The van der Waals surface area contributed by atoms with E-state index < -0.39 is 7.81 Å². The number of hydrogen-bond acceptors (Lipinski definition) is 0. The molecule has 0 aromatic heterocycles. The molecule has 0 spiro atoms. The van der Waals surface area contributed by atoms with Crippen LogP contribution in [0, 0.1) is 0 Å². The van der Waals surface area contributed by atoms with E-state index in [2.05, 4.69) is 27.8 Å². The SMILES string of the molecule is CCCCCCCCCCCC[N+](C)(CCCCCCCCCCCC)CCCCCCCCCCCC.F[P-](F)(F)(F)(F)F. The molecule has 0 heterocycles. The predicted octanol–water partition coefficient (Wildman–Crippen LogP) is 16.6. The van der Waals surface area contributed by atoms with Crippen molar-refractivity contribution in [2.75, 3.05) is 26.7 Å². The molecule has 8 heteroatoms. The molecule has 0 N–H and O–H groups in total. The Morgan fingerprint density at radius 3 is 0.578 bits per heavy atom. The molecule has 0 rings (SSSR count). The molecule has 45 heavy (non-hydrogen) atoms. The third kappa shape index (κ3) is 51.0. The van der Waals surface area contributed by atoms with Gasteiger partial charge in [-0.15, -0.1) is 0 Å². The van der Waals surface area contributed by atoms with Gasteiger partial charge in [-0.2, -0.15) is 0 Å². The minimum atomic E-state index is -10.7. The molecule has 0 aromatic carbocycles. The van der Waals surface area contributed by atoms with E-state index in [1.165, 1.54) is 217 Å². The Kier molecular flexibility index (Phi) is 29.2. The number of hydrogen-bond donors (Lipinski definition) is 0. The third-order valence-corrected chi connectivity index (χ3v) is 9.15. The summed E-state index contributed by atoms with van der Waals surface area (Å²) >= 11 is 0. The van der Waals surface area contributed by atoms with Crippen LogP contribution in [0.3, 0.4) is 0 Å². The Morgan fingerprint density at radius 2 is 0.422 bits per heavy atom. The van der Waals surface area contributed by atoms with Gasteiger partial charge in [0.15, 0.2) is 0 Å². The molecule has 0 radical (unpaired) electrons. The van der Waals surface area contributed by atoms with Gasteiger partial charge in [-0.3, -0.25) is 0 Å². The molecule has 278 valence electrons. The Morgan fingerprint density at radius 1 is 0.289 bits per heavy atom. The molecular weight excluding hydrogens is 603 g/mol. The van der Waals surface area contributed by atoms with Crippen molar-refractivity contribution in [3.8, 4) is 0 Å². The number of halogens is 6. The van der Waals surface area contributed by atoms with Crippen LogP contribution in [0.25, 0.3) is 0 Å². The van der Waals surface area contributed by atoms with Crippen molar-refractivity contribution in [2.24, 2.45) is 0 Å². The zero-order valence-electron chi connectivity index (χ0n) is 30.5. The van der Waals surface area contributed by atoms with Crippen LogP contribution < -0.4 is 0 Å². The Balaban J connectivity index is 0. The van der Waals surface area contributed by atoms with Crippen LogP contribution in [-0.2, 0) is 0 Å². The van der Waals surface area contributed by atoms with E-state index in [1.54, 1.807) is 0 Å². The van der Waals surface area contributed by atoms with Gasteiger partial charge in [0.2, 0.25) is 0 Å². The molecule has 0 bridgehead atoms. The van der Waals surface area contributed by atoms with E-state index in [4.69, 9.17) is 0 Å². The molecule has 0 aliphatic carbocycles. The summed E-state index contributed by atoms with van der Waals surface area (Å²) < 4.78 is 60.6. The standard InChI is InChI=1S/C37H78N.F6P/c1-5-8-11-14-17-20-23-26-29-32-35-38(4,36-33-30-27-24-21-18-15-12-9-6-2)37-34-31-28-25-22-19-16-13-10-7-3;1-7(2,3,4,5)6/h5-37H2,1-4H3;/q+1;-1. The molecule has 0 saturated carbocycles. The quantitative estimate of drug-likeness (QED) is 0.0280. The molecule has 0 aliphatic heterocycles. The molecular formula is C37H78F6NP. The number of unbranched alkanes of at least 4 members (excludes halogenated alkanes) is 27. The third-order valence-electron chi connectivity index (χ3n) is 9.15. The fourth-order valence-corrected chi connectivity index (χ4v) is 6.28. The zero-order valence-corrected chi connectivity index (χ0v) is 31.4. The van der Waals surface area contributed by atoms with Gasteiger partial charge in [-0.1, -0.05) is 175 Å². The summed E-state index contributed by atoms with van der Waals surface area (Å²) in [4.78, 5) is 0. The summed E-state index contributed by atoms with van der Waals surface area (Å²) in [6.45, 7) is 11.3. The van der Waals surface area contributed by atoms with Gasteiger partial charge < -0.3 is 4.48 Å². The van der Waals surface area contributed by atoms with Crippen LogP contribution in [0.2, 0.25) is 0 Å². The fraction of sp³-hybridized carbons (Fsp3) is 1.00. The first-order valence-electron chi connectivity index (χ1n) is 19.5.